The summed E-state index contributed by atoms with van der Waals surface area (Å²) >= 11 is 0. The van der Waals surface area contributed by atoms with Crippen molar-refractivity contribution in [1.29, 1.82) is 0 Å². The van der Waals surface area contributed by atoms with E-state index in [0.717, 1.165) is 25.1 Å². The van der Waals surface area contributed by atoms with E-state index in [2.05, 4.69) is 12.0 Å². The zero-order valence-electron chi connectivity index (χ0n) is 8.39. The van der Waals surface area contributed by atoms with Gasteiger partial charge in [-0.15, -0.1) is 0 Å². The maximum atomic E-state index is 13.0. The van der Waals surface area contributed by atoms with Crippen LogP contribution >= 0.6 is 0 Å². The van der Waals surface area contributed by atoms with E-state index in [0.29, 0.717) is 0 Å². The van der Waals surface area contributed by atoms with Gasteiger partial charge in [-0.05, 0) is 12.8 Å². The predicted molar refractivity (Wildman–Crippen MR) is 51.1 cm³/mol. The Kier molecular flexibility index (Phi) is 3.93. The van der Waals surface area contributed by atoms with Gasteiger partial charge in [0.15, 0.2) is 5.82 Å². The molecule has 0 aliphatic heterocycles. The normalized spacial score (nSPS) is 10.7. The molecular formula is C10H17FN2. The molecule has 0 aliphatic carbocycles. The molecule has 0 aliphatic rings. The maximum absolute atomic E-state index is 13.0. The fourth-order valence-electron chi connectivity index (χ4n) is 1.44. The molecule has 1 heterocycles. The van der Waals surface area contributed by atoms with Crippen LogP contribution in [0, 0.1) is 5.82 Å². The van der Waals surface area contributed by atoms with E-state index in [1.807, 2.05) is 6.92 Å². The molecule has 2 nitrogen and oxygen atoms in total. The molecule has 1 aromatic rings. The van der Waals surface area contributed by atoms with Gasteiger partial charge in [-0.2, -0.15) is 5.10 Å². The van der Waals surface area contributed by atoms with Gasteiger partial charge in [0.1, 0.15) is 0 Å². The Morgan fingerprint density at radius 3 is 2.77 bits per heavy atom. The SMILES string of the molecule is CCCCCn1ncc(F)c1CC. The molecule has 74 valence electrons. The van der Waals surface area contributed by atoms with E-state index in [4.69, 9.17) is 0 Å². The summed E-state index contributed by atoms with van der Waals surface area (Å²) in [6.45, 7) is 4.96. The molecule has 13 heavy (non-hydrogen) atoms. The molecule has 3 heteroatoms. The molecule has 0 aromatic carbocycles. The molecule has 0 saturated heterocycles. The van der Waals surface area contributed by atoms with Crippen LogP contribution in [0.15, 0.2) is 6.20 Å². The molecule has 0 unspecified atom stereocenters. The molecular weight excluding hydrogens is 167 g/mol. The summed E-state index contributed by atoms with van der Waals surface area (Å²) in [6, 6.07) is 0. The Balaban J connectivity index is 2.55. The molecule has 0 atom stereocenters. The van der Waals surface area contributed by atoms with Crippen LogP contribution in [0.2, 0.25) is 0 Å². The van der Waals surface area contributed by atoms with E-state index in [-0.39, 0.29) is 5.82 Å². The van der Waals surface area contributed by atoms with Crippen LogP contribution in [0.3, 0.4) is 0 Å². The maximum Gasteiger partial charge on any atom is 0.164 e. The minimum absolute atomic E-state index is 0.168. The first-order chi connectivity index (χ1) is 6.29. The second kappa shape index (κ2) is 5.00. The number of nitrogens with zero attached hydrogens (tertiary/aromatic N) is 2. The summed E-state index contributed by atoms with van der Waals surface area (Å²) in [5.74, 6) is -0.168. The van der Waals surface area contributed by atoms with Gasteiger partial charge >= 0.3 is 0 Å². The van der Waals surface area contributed by atoms with Crippen molar-refractivity contribution in [2.75, 3.05) is 0 Å². The van der Waals surface area contributed by atoms with Crippen LogP contribution in [0.1, 0.15) is 38.8 Å². The number of aromatic nitrogens is 2. The highest BCUT2D eigenvalue weighted by Crippen LogP contribution is 2.08. The fraction of sp³-hybridized carbons (Fsp3) is 0.700. The van der Waals surface area contributed by atoms with Gasteiger partial charge in [0, 0.05) is 6.54 Å². The third-order valence-corrected chi connectivity index (χ3v) is 2.21. The molecule has 0 bridgehead atoms. The van der Waals surface area contributed by atoms with Gasteiger partial charge in [0.05, 0.1) is 11.9 Å². The fourth-order valence-corrected chi connectivity index (χ4v) is 1.44. The van der Waals surface area contributed by atoms with Crippen molar-refractivity contribution in [3.63, 3.8) is 0 Å². The van der Waals surface area contributed by atoms with Crippen molar-refractivity contribution in [3.8, 4) is 0 Å². The van der Waals surface area contributed by atoms with E-state index in [1.165, 1.54) is 19.0 Å². The third kappa shape index (κ3) is 2.54. The van der Waals surface area contributed by atoms with Crippen molar-refractivity contribution < 1.29 is 4.39 Å². The summed E-state index contributed by atoms with van der Waals surface area (Å²) < 4.78 is 14.8. The minimum Gasteiger partial charge on any atom is -0.267 e. The highest BCUT2D eigenvalue weighted by molar-refractivity contribution is 5.03. The van der Waals surface area contributed by atoms with E-state index >= 15 is 0 Å². The van der Waals surface area contributed by atoms with Crippen molar-refractivity contribution >= 4 is 0 Å². The molecule has 0 N–H and O–H groups in total. The van der Waals surface area contributed by atoms with Crippen LogP contribution in [0.25, 0.3) is 0 Å². The largest absolute Gasteiger partial charge is 0.267 e. The van der Waals surface area contributed by atoms with E-state index in [9.17, 15) is 4.39 Å². The lowest BCUT2D eigenvalue weighted by Crippen LogP contribution is -2.05. The zero-order valence-corrected chi connectivity index (χ0v) is 8.39. The highest BCUT2D eigenvalue weighted by atomic mass is 19.1. The Labute approximate surface area is 78.8 Å². The van der Waals surface area contributed by atoms with Crippen molar-refractivity contribution in [1.82, 2.24) is 9.78 Å². The van der Waals surface area contributed by atoms with Gasteiger partial charge in [0.25, 0.3) is 0 Å². The molecule has 0 radical (unpaired) electrons. The summed E-state index contributed by atoms with van der Waals surface area (Å²) in [5, 5.41) is 4.00. The van der Waals surface area contributed by atoms with Gasteiger partial charge in [-0.25, -0.2) is 4.39 Å². The first-order valence-corrected chi connectivity index (χ1v) is 4.99. The smallest absolute Gasteiger partial charge is 0.164 e. The monoisotopic (exact) mass is 184 g/mol. The lowest BCUT2D eigenvalue weighted by Gasteiger charge is -2.04. The Hall–Kier alpha value is -0.860. The molecule has 0 fully saturated rings. The van der Waals surface area contributed by atoms with Gasteiger partial charge in [-0.1, -0.05) is 26.7 Å². The van der Waals surface area contributed by atoms with E-state index < -0.39 is 0 Å². The average Bonchev–Trinajstić information content (AvgIpc) is 2.47. The van der Waals surface area contributed by atoms with Gasteiger partial charge in [0.2, 0.25) is 0 Å². The first-order valence-electron chi connectivity index (χ1n) is 4.99. The van der Waals surface area contributed by atoms with Crippen LogP contribution in [-0.4, -0.2) is 9.78 Å². The quantitative estimate of drug-likeness (QED) is 0.643. The lowest BCUT2D eigenvalue weighted by atomic mass is 10.2. The van der Waals surface area contributed by atoms with Crippen LogP contribution < -0.4 is 0 Å². The number of hydrogen-bond acceptors (Lipinski definition) is 1. The minimum atomic E-state index is -0.168. The topological polar surface area (TPSA) is 17.8 Å². The molecule has 1 rings (SSSR count). The standard InChI is InChI=1S/C10H17FN2/c1-3-5-6-7-13-10(4-2)9(11)8-12-13/h8H,3-7H2,1-2H3. The zero-order chi connectivity index (χ0) is 9.68. The number of halogens is 1. The van der Waals surface area contributed by atoms with Gasteiger partial charge < -0.3 is 0 Å². The third-order valence-electron chi connectivity index (χ3n) is 2.21. The molecule has 1 aromatic heterocycles. The highest BCUT2D eigenvalue weighted by Gasteiger charge is 2.06. The number of hydrogen-bond donors (Lipinski definition) is 0. The summed E-state index contributed by atoms with van der Waals surface area (Å²) in [7, 11) is 0. The molecule has 0 spiro atoms. The average molecular weight is 184 g/mol. The summed E-state index contributed by atoms with van der Waals surface area (Å²) in [4.78, 5) is 0. The molecule has 0 saturated carbocycles. The molecule has 0 amide bonds. The number of rotatable bonds is 5. The lowest BCUT2D eigenvalue weighted by molar-refractivity contribution is 0.523. The Morgan fingerprint density at radius 1 is 1.38 bits per heavy atom. The summed E-state index contributed by atoms with van der Waals surface area (Å²) in [6.07, 6.45) is 5.49. The number of unbranched alkanes of at least 4 members (excludes halogenated alkanes) is 2. The second-order valence-corrected chi connectivity index (χ2v) is 3.22. The predicted octanol–water partition coefficient (Wildman–Crippen LogP) is 2.77. The Bertz CT molecular complexity index is 255. The second-order valence-electron chi connectivity index (χ2n) is 3.22. The Morgan fingerprint density at radius 2 is 2.15 bits per heavy atom. The van der Waals surface area contributed by atoms with Gasteiger partial charge in [-0.3, -0.25) is 4.68 Å². The van der Waals surface area contributed by atoms with Crippen molar-refractivity contribution in [2.45, 2.75) is 46.1 Å². The van der Waals surface area contributed by atoms with Crippen molar-refractivity contribution in [3.05, 3.63) is 17.7 Å². The van der Waals surface area contributed by atoms with Crippen LogP contribution in [0.4, 0.5) is 4.39 Å². The van der Waals surface area contributed by atoms with E-state index in [1.54, 1.807) is 4.68 Å². The van der Waals surface area contributed by atoms with Crippen LogP contribution in [-0.2, 0) is 13.0 Å². The number of aryl methyl sites for hydroxylation is 1. The van der Waals surface area contributed by atoms with Crippen LogP contribution in [0.5, 0.6) is 0 Å². The van der Waals surface area contributed by atoms with Crippen molar-refractivity contribution in [2.24, 2.45) is 0 Å². The first kappa shape index (κ1) is 10.2. The summed E-state index contributed by atoms with van der Waals surface area (Å²) in [5.41, 5.74) is 0.733.